The van der Waals surface area contributed by atoms with E-state index in [1.165, 1.54) is 11.1 Å². The first-order valence-electron chi connectivity index (χ1n) is 7.47. The Bertz CT molecular complexity index is 462. The largest absolute Gasteiger partial charge is 0.391 e. The summed E-state index contributed by atoms with van der Waals surface area (Å²) in [5.41, 5.74) is 2.73. The smallest absolute Gasteiger partial charge is 0.223 e. The van der Waals surface area contributed by atoms with E-state index in [1.54, 1.807) is 0 Å². The molecule has 108 valence electrons. The van der Waals surface area contributed by atoms with Crippen molar-refractivity contribution >= 4 is 5.91 Å². The number of benzene rings is 1. The lowest BCUT2D eigenvalue weighted by Gasteiger charge is -2.23. The molecule has 1 saturated heterocycles. The van der Waals surface area contributed by atoms with Crippen LogP contribution in [0.2, 0.25) is 0 Å². The minimum absolute atomic E-state index is 0.0770. The van der Waals surface area contributed by atoms with Gasteiger partial charge in [-0.15, -0.1) is 0 Å². The first-order valence-corrected chi connectivity index (χ1v) is 7.47. The van der Waals surface area contributed by atoms with Gasteiger partial charge in [0.1, 0.15) is 0 Å². The van der Waals surface area contributed by atoms with Crippen LogP contribution < -0.4 is 5.32 Å². The average molecular weight is 274 g/mol. The number of rotatable bonds is 2. The summed E-state index contributed by atoms with van der Waals surface area (Å²) in [4.78, 5) is 14.4. The molecule has 0 saturated carbocycles. The minimum atomic E-state index is -0.372. The highest BCUT2D eigenvalue weighted by Crippen LogP contribution is 2.19. The van der Waals surface area contributed by atoms with E-state index in [0.717, 1.165) is 32.5 Å². The predicted molar refractivity (Wildman–Crippen MR) is 77.4 cm³/mol. The molecule has 0 aliphatic carbocycles. The Morgan fingerprint density at radius 1 is 1.20 bits per heavy atom. The maximum absolute atomic E-state index is 12.4. The molecular weight excluding hydrogens is 252 g/mol. The van der Waals surface area contributed by atoms with Crippen molar-refractivity contribution in [2.45, 2.75) is 25.4 Å². The lowest BCUT2D eigenvalue weighted by atomic mass is 10.0. The molecule has 2 aliphatic rings. The second-order valence-corrected chi connectivity index (χ2v) is 5.84. The number of β-amino-alcohol motifs (C(OH)–C–C–N with tert-alkyl or cyclic N) is 1. The van der Waals surface area contributed by atoms with Gasteiger partial charge in [-0.3, -0.25) is 4.79 Å². The van der Waals surface area contributed by atoms with E-state index < -0.39 is 0 Å². The first-order chi connectivity index (χ1) is 9.74. The fourth-order valence-electron chi connectivity index (χ4n) is 3.20. The molecule has 2 N–H and O–H groups in total. The molecule has 2 heterocycles. The SMILES string of the molecule is O=C(C[C@@H]1CNC[C@H]1O)N1CCc2ccccc2CC1. The number of carbonyl (C=O) groups is 1. The number of hydrogen-bond acceptors (Lipinski definition) is 3. The van der Waals surface area contributed by atoms with Gasteiger partial charge in [0, 0.05) is 38.5 Å². The number of nitrogens with zero attached hydrogens (tertiary/aromatic N) is 1. The first kappa shape index (κ1) is 13.6. The van der Waals surface area contributed by atoms with Gasteiger partial charge in [-0.25, -0.2) is 0 Å². The van der Waals surface area contributed by atoms with Crippen LogP contribution in [0.1, 0.15) is 17.5 Å². The summed E-state index contributed by atoms with van der Waals surface area (Å²) in [6, 6.07) is 8.45. The normalized spacial score (nSPS) is 26.1. The quantitative estimate of drug-likeness (QED) is 0.829. The lowest BCUT2D eigenvalue weighted by molar-refractivity contribution is -0.132. The molecule has 4 heteroatoms. The van der Waals surface area contributed by atoms with Crippen LogP contribution in [-0.4, -0.2) is 48.2 Å². The van der Waals surface area contributed by atoms with Crippen LogP contribution in [-0.2, 0) is 17.6 Å². The standard InChI is InChI=1S/C16H22N2O2/c19-15-11-17-10-14(15)9-16(20)18-7-5-12-3-1-2-4-13(12)6-8-18/h1-4,14-15,17,19H,5-11H2/t14-,15-/m1/s1. The van der Waals surface area contributed by atoms with Gasteiger partial charge < -0.3 is 15.3 Å². The van der Waals surface area contributed by atoms with Crippen molar-refractivity contribution in [3.63, 3.8) is 0 Å². The van der Waals surface area contributed by atoms with E-state index in [4.69, 9.17) is 0 Å². The lowest BCUT2D eigenvalue weighted by Crippen LogP contribution is -2.36. The number of nitrogens with one attached hydrogen (secondary N) is 1. The van der Waals surface area contributed by atoms with E-state index in [-0.39, 0.29) is 17.9 Å². The molecule has 1 amide bonds. The van der Waals surface area contributed by atoms with Gasteiger partial charge in [0.2, 0.25) is 5.91 Å². The van der Waals surface area contributed by atoms with Crippen LogP contribution in [0, 0.1) is 5.92 Å². The summed E-state index contributed by atoms with van der Waals surface area (Å²) in [5, 5.41) is 12.9. The number of aliphatic hydroxyl groups is 1. The van der Waals surface area contributed by atoms with Crippen molar-refractivity contribution in [1.29, 1.82) is 0 Å². The van der Waals surface area contributed by atoms with Crippen molar-refractivity contribution in [1.82, 2.24) is 10.2 Å². The third kappa shape index (κ3) is 2.86. The number of amides is 1. The molecule has 0 aromatic heterocycles. The Kier molecular flexibility index (Phi) is 4.03. The monoisotopic (exact) mass is 274 g/mol. The van der Waals surface area contributed by atoms with Crippen LogP contribution in [0.25, 0.3) is 0 Å². The molecular formula is C16H22N2O2. The number of hydrogen-bond donors (Lipinski definition) is 2. The van der Waals surface area contributed by atoms with Crippen molar-refractivity contribution in [3.8, 4) is 0 Å². The summed E-state index contributed by atoms with van der Waals surface area (Å²) < 4.78 is 0. The van der Waals surface area contributed by atoms with Gasteiger partial charge in [-0.2, -0.15) is 0 Å². The molecule has 0 radical (unpaired) electrons. The summed E-state index contributed by atoms with van der Waals surface area (Å²) in [7, 11) is 0. The Morgan fingerprint density at radius 3 is 2.40 bits per heavy atom. The van der Waals surface area contributed by atoms with Gasteiger partial charge in [0.25, 0.3) is 0 Å². The molecule has 0 spiro atoms. The zero-order chi connectivity index (χ0) is 13.9. The zero-order valence-electron chi connectivity index (χ0n) is 11.7. The molecule has 1 aromatic carbocycles. The molecule has 2 atom stereocenters. The van der Waals surface area contributed by atoms with E-state index >= 15 is 0 Å². The van der Waals surface area contributed by atoms with Crippen LogP contribution in [0.5, 0.6) is 0 Å². The van der Waals surface area contributed by atoms with Crippen LogP contribution in [0.15, 0.2) is 24.3 Å². The minimum Gasteiger partial charge on any atom is -0.391 e. The summed E-state index contributed by atoms with van der Waals surface area (Å²) in [6.07, 6.45) is 1.97. The van der Waals surface area contributed by atoms with Crippen LogP contribution >= 0.6 is 0 Å². The zero-order valence-corrected chi connectivity index (χ0v) is 11.7. The van der Waals surface area contributed by atoms with Gasteiger partial charge in [0.05, 0.1) is 6.10 Å². The molecule has 1 fully saturated rings. The third-order valence-electron chi connectivity index (χ3n) is 4.51. The Morgan fingerprint density at radius 2 is 1.85 bits per heavy atom. The number of aliphatic hydroxyl groups excluding tert-OH is 1. The Labute approximate surface area is 119 Å². The van der Waals surface area contributed by atoms with E-state index in [9.17, 15) is 9.90 Å². The second kappa shape index (κ2) is 5.94. The van der Waals surface area contributed by atoms with E-state index in [1.807, 2.05) is 4.90 Å². The highest BCUT2D eigenvalue weighted by atomic mass is 16.3. The van der Waals surface area contributed by atoms with E-state index in [2.05, 4.69) is 29.6 Å². The van der Waals surface area contributed by atoms with Gasteiger partial charge in [-0.05, 0) is 24.0 Å². The average Bonchev–Trinajstić information content (AvgIpc) is 2.75. The molecule has 0 unspecified atom stereocenters. The van der Waals surface area contributed by atoms with Crippen molar-refractivity contribution in [2.75, 3.05) is 26.2 Å². The van der Waals surface area contributed by atoms with Crippen molar-refractivity contribution in [2.24, 2.45) is 5.92 Å². The Hall–Kier alpha value is -1.39. The molecule has 2 aliphatic heterocycles. The summed E-state index contributed by atoms with van der Waals surface area (Å²) in [6.45, 7) is 2.96. The molecule has 0 bridgehead atoms. The van der Waals surface area contributed by atoms with E-state index in [0.29, 0.717) is 13.0 Å². The Balaban J connectivity index is 1.60. The van der Waals surface area contributed by atoms with Gasteiger partial charge in [-0.1, -0.05) is 24.3 Å². The van der Waals surface area contributed by atoms with Crippen molar-refractivity contribution < 1.29 is 9.90 Å². The summed E-state index contributed by atoms with van der Waals surface area (Å²) in [5.74, 6) is 0.263. The van der Waals surface area contributed by atoms with Crippen LogP contribution in [0.3, 0.4) is 0 Å². The second-order valence-electron chi connectivity index (χ2n) is 5.84. The fraction of sp³-hybridized carbons (Fsp3) is 0.562. The van der Waals surface area contributed by atoms with Gasteiger partial charge in [0.15, 0.2) is 0 Å². The molecule has 4 nitrogen and oxygen atoms in total. The number of fused-ring (bicyclic) bond motifs is 1. The van der Waals surface area contributed by atoms with Crippen LogP contribution in [0.4, 0.5) is 0 Å². The molecule has 1 aromatic rings. The van der Waals surface area contributed by atoms with Gasteiger partial charge >= 0.3 is 0 Å². The fourth-order valence-corrected chi connectivity index (χ4v) is 3.20. The predicted octanol–water partition coefficient (Wildman–Crippen LogP) is 0.584. The molecule has 3 rings (SSSR count). The topological polar surface area (TPSA) is 52.6 Å². The maximum Gasteiger partial charge on any atom is 0.223 e. The molecule has 20 heavy (non-hydrogen) atoms. The highest BCUT2D eigenvalue weighted by molar-refractivity contribution is 5.76. The third-order valence-corrected chi connectivity index (χ3v) is 4.51. The maximum atomic E-state index is 12.4. The van der Waals surface area contributed by atoms with Crippen molar-refractivity contribution in [3.05, 3.63) is 35.4 Å². The number of carbonyl (C=O) groups excluding carboxylic acids is 1. The summed E-state index contributed by atoms with van der Waals surface area (Å²) >= 11 is 0. The highest BCUT2D eigenvalue weighted by Gasteiger charge is 2.29.